The molecule has 2 nitrogen and oxygen atoms in total. The zero-order valence-electron chi connectivity index (χ0n) is 10.6. The maximum atomic E-state index is 12.1. The lowest BCUT2D eigenvalue weighted by atomic mass is 9.99. The molecule has 0 amide bonds. The van der Waals surface area contributed by atoms with Gasteiger partial charge in [0, 0.05) is 18.0 Å². The summed E-state index contributed by atoms with van der Waals surface area (Å²) < 4.78 is 0. The predicted octanol–water partition coefficient (Wildman–Crippen LogP) is 4.00. The van der Waals surface area contributed by atoms with Gasteiger partial charge in [0.05, 0.1) is 5.02 Å². The number of hydrogen-bond acceptors (Lipinski definition) is 2. The largest absolute Gasteiger partial charge is 0.324 e. The van der Waals surface area contributed by atoms with Gasteiger partial charge < -0.3 is 5.73 Å². The summed E-state index contributed by atoms with van der Waals surface area (Å²) in [7, 11) is 0. The lowest BCUT2D eigenvalue weighted by molar-refractivity contribution is 0.0977. The Kier molecular flexibility index (Phi) is 4.72. The summed E-state index contributed by atoms with van der Waals surface area (Å²) in [4.78, 5) is 12.1. The third-order valence-corrected chi connectivity index (χ3v) is 3.41. The molecule has 0 aliphatic carbocycles. The van der Waals surface area contributed by atoms with Crippen LogP contribution in [0.4, 0.5) is 0 Å². The number of halogens is 1. The maximum Gasteiger partial charge on any atom is 0.164 e. The molecule has 0 spiro atoms. The van der Waals surface area contributed by atoms with Gasteiger partial charge in [-0.05, 0) is 24.1 Å². The number of rotatable bonds is 5. The van der Waals surface area contributed by atoms with Crippen LogP contribution in [0.3, 0.4) is 0 Å². The second-order valence-corrected chi connectivity index (χ2v) is 4.87. The minimum atomic E-state index is -0.118. The highest BCUT2D eigenvalue weighted by atomic mass is 35.5. The van der Waals surface area contributed by atoms with Gasteiger partial charge in [-0.15, -0.1) is 0 Å². The molecule has 0 fully saturated rings. The van der Waals surface area contributed by atoms with Crippen molar-refractivity contribution in [3.05, 3.63) is 70.7 Å². The van der Waals surface area contributed by atoms with Crippen LogP contribution in [0.5, 0.6) is 0 Å². The van der Waals surface area contributed by atoms with E-state index in [-0.39, 0.29) is 11.8 Å². The van der Waals surface area contributed by atoms with Crippen molar-refractivity contribution in [3.63, 3.8) is 0 Å². The van der Waals surface area contributed by atoms with Crippen LogP contribution in [0.15, 0.2) is 54.6 Å². The molecule has 3 heteroatoms. The predicted molar refractivity (Wildman–Crippen MR) is 78.4 cm³/mol. The van der Waals surface area contributed by atoms with Crippen molar-refractivity contribution in [1.82, 2.24) is 0 Å². The van der Waals surface area contributed by atoms with E-state index in [1.54, 1.807) is 12.1 Å². The molecule has 2 N–H and O–H groups in total. The van der Waals surface area contributed by atoms with E-state index >= 15 is 0 Å². The fourth-order valence-electron chi connectivity index (χ4n) is 1.98. The fourth-order valence-corrected chi connectivity index (χ4v) is 2.22. The monoisotopic (exact) mass is 273 g/mol. The van der Waals surface area contributed by atoms with E-state index in [4.69, 9.17) is 17.3 Å². The third kappa shape index (κ3) is 3.66. The second-order valence-electron chi connectivity index (χ2n) is 4.46. The molecule has 0 aliphatic heterocycles. The average Bonchev–Trinajstić information content (AvgIpc) is 2.46. The van der Waals surface area contributed by atoms with Crippen LogP contribution in [0, 0.1) is 0 Å². The number of carbonyl (C=O) groups excluding carboxylic acids is 1. The van der Waals surface area contributed by atoms with Crippen molar-refractivity contribution in [2.24, 2.45) is 5.73 Å². The standard InChI is InChI=1S/C16H16ClNO/c17-14-9-5-4-8-13(14)16(19)11-10-15(18)12-6-2-1-3-7-12/h1-9,15H,10-11,18H2. The summed E-state index contributed by atoms with van der Waals surface area (Å²) in [6.07, 6.45) is 1.02. The molecule has 1 atom stereocenters. The first-order valence-corrected chi connectivity index (χ1v) is 6.64. The van der Waals surface area contributed by atoms with Crippen molar-refractivity contribution < 1.29 is 4.79 Å². The first kappa shape index (κ1) is 13.8. The molecule has 0 bridgehead atoms. The van der Waals surface area contributed by atoms with E-state index in [9.17, 15) is 4.79 Å². The Bertz CT molecular complexity index is 554. The quantitative estimate of drug-likeness (QED) is 0.837. The number of ketones is 1. The molecule has 1 unspecified atom stereocenters. The lowest BCUT2D eigenvalue weighted by Crippen LogP contribution is -2.12. The summed E-state index contributed by atoms with van der Waals surface area (Å²) in [5.74, 6) is 0.0389. The third-order valence-electron chi connectivity index (χ3n) is 3.08. The Morgan fingerprint density at radius 3 is 2.37 bits per heavy atom. The molecule has 2 rings (SSSR count). The van der Waals surface area contributed by atoms with Gasteiger partial charge >= 0.3 is 0 Å². The van der Waals surface area contributed by atoms with E-state index in [1.807, 2.05) is 42.5 Å². The first-order valence-electron chi connectivity index (χ1n) is 6.26. The maximum absolute atomic E-state index is 12.1. The van der Waals surface area contributed by atoms with Gasteiger partial charge in [0.25, 0.3) is 0 Å². The number of nitrogens with two attached hydrogens (primary N) is 1. The number of hydrogen-bond donors (Lipinski definition) is 1. The minimum absolute atomic E-state index is 0.0389. The van der Waals surface area contributed by atoms with E-state index < -0.39 is 0 Å². The molecule has 0 aliphatic rings. The van der Waals surface area contributed by atoms with E-state index in [2.05, 4.69) is 0 Å². The van der Waals surface area contributed by atoms with E-state index in [0.717, 1.165) is 5.56 Å². The van der Waals surface area contributed by atoms with Crippen molar-refractivity contribution in [3.8, 4) is 0 Å². The van der Waals surface area contributed by atoms with Crippen LogP contribution in [0.25, 0.3) is 0 Å². The van der Waals surface area contributed by atoms with Crippen LogP contribution in [0.2, 0.25) is 5.02 Å². The van der Waals surface area contributed by atoms with Crippen molar-refractivity contribution >= 4 is 17.4 Å². The van der Waals surface area contributed by atoms with Crippen molar-refractivity contribution in [1.29, 1.82) is 0 Å². The lowest BCUT2D eigenvalue weighted by Gasteiger charge is -2.11. The summed E-state index contributed by atoms with van der Waals surface area (Å²) >= 11 is 6.00. The van der Waals surface area contributed by atoms with Crippen LogP contribution in [0.1, 0.15) is 34.8 Å². The van der Waals surface area contributed by atoms with Gasteiger partial charge in [-0.2, -0.15) is 0 Å². The molecule has 0 radical (unpaired) electrons. The molecule has 0 saturated heterocycles. The Morgan fingerprint density at radius 2 is 1.68 bits per heavy atom. The topological polar surface area (TPSA) is 43.1 Å². The van der Waals surface area contributed by atoms with E-state index in [1.165, 1.54) is 0 Å². The summed E-state index contributed by atoms with van der Waals surface area (Å²) in [5, 5.41) is 0.501. The normalized spacial score (nSPS) is 12.1. The zero-order valence-corrected chi connectivity index (χ0v) is 11.3. The molecule has 19 heavy (non-hydrogen) atoms. The Balaban J connectivity index is 1.96. The summed E-state index contributed by atoms with van der Waals surface area (Å²) in [6, 6.07) is 16.8. The molecule has 0 heterocycles. The van der Waals surface area contributed by atoms with Gasteiger partial charge in [-0.1, -0.05) is 54.1 Å². The van der Waals surface area contributed by atoms with Crippen LogP contribution in [-0.2, 0) is 0 Å². The van der Waals surface area contributed by atoms with Crippen LogP contribution < -0.4 is 5.73 Å². The Labute approximate surface area is 118 Å². The minimum Gasteiger partial charge on any atom is -0.324 e. The zero-order chi connectivity index (χ0) is 13.7. The van der Waals surface area contributed by atoms with Crippen molar-refractivity contribution in [2.75, 3.05) is 0 Å². The molecular weight excluding hydrogens is 258 g/mol. The van der Waals surface area contributed by atoms with Gasteiger partial charge in [-0.25, -0.2) is 0 Å². The molecule has 2 aromatic rings. The molecular formula is C16H16ClNO. The molecule has 2 aromatic carbocycles. The summed E-state index contributed by atoms with van der Waals surface area (Å²) in [5.41, 5.74) is 7.70. The highest BCUT2D eigenvalue weighted by Gasteiger charge is 2.12. The highest BCUT2D eigenvalue weighted by Crippen LogP contribution is 2.20. The average molecular weight is 274 g/mol. The Morgan fingerprint density at radius 1 is 1.05 bits per heavy atom. The Hall–Kier alpha value is -1.64. The number of Topliss-reactive ketones (excluding diaryl/α,β-unsaturated/α-hetero) is 1. The van der Waals surface area contributed by atoms with Gasteiger partial charge in [-0.3, -0.25) is 4.79 Å². The highest BCUT2D eigenvalue weighted by molar-refractivity contribution is 6.33. The van der Waals surface area contributed by atoms with Crippen LogP contribution >= 0.6 is 11.6 Å². The summed E-state index contributed by atoms with van der Waals surface area (Å²) in [6.45, 7) is 0. The SMILES string of the molecule is NC(CCC(=O)c1ccccc1Cl)c1ccccc1. The van der Waals surface area contributed by atoms with Crippen LogP contribution in [-0.4, -0.2) is 5.78 Å². The molecule has 0 saturated carbocycles. The van der Waals surface area contributed by atoms with Gasteiger partial charge in [0.2, 0.25) is 0 Å². The van der Waals surface area contributed by atoms with Crippen molar-refractivity contribution in [2.45, 2.75) is 18.9 Å². The second kappa shape index (κ2) is 6.50. The number of benzene rings is 2. The van der Waals surface area contributed by atoms with E-state index in [0.29, 0.717) is 23.4 Å². The fraction of sp³-hybridized carbons (Fsp3) is 0.188. The molecule has 98 valence electrons. The van der Waals surface area contributed by atoms with Gasteiger partial charge in [0.15, 0.2) is 5.78 Å². The number of carbonyl (C=O) groups is 1. The first-order chi connectivity index (χ1) is 9.18. The smallest absolute Gasteiger partial charge is 0.164 e. The molecule has 0 aromatic heterocycles. The van der Waals surface area contributed by atoms with Gasteiger partial charge in [0.1, 0.15) is 0 Å².